The lowest BCUT2D eigenvalue weighted by molar-refractivity contribution is 0.340. The average molecular weight is 283 g/mol. The molecule has 0 aliphatic rings. The number of aryl methyl sites for hydroxylation is 1. The van der Waals surface area contributed by atoms with Crippen LogP contribution in [0.25, 0.3) is 0 Å². The van der Waals surface area contributed by atoms with Gasteiger partial charge in [-0.2, -0.15) is 0 Å². The van der Waals surface area contributed by atoms with Crippen LogP contribution in [0.2, 0.25) is 0 Å². The molecule has 2 heteroatoms. The van der Waals surface area contributed by atoms with Gasteiger partial charge >= 0.3 is 0 Å². The quantitative estimate of drug-likeness (QED) is 0.818. The van der Waals surface area contributed by atoms with Gasteiger partial charge in [-0.1, -0.05) is 48.9 Å². The summed E-state index contributed by atoms with van der Waals surface area (Å²) in [6.45, 7) is 7.95. The Kier molecular flexibility index (Phi) is 5.82. The van der Waals surface area contributed by atoms with Crippen LogP contribution < -0.4 is 10.1 Å². The summed E-state index contributed by atoms with van der Waals surface area (Å²) in [6.07, 6.45) is 1.00. The molecule has 0 aromatic heterocycles. The van der Waals surface area contributed by atoms with Crippen molar-refractivity contribution in [3.63, 3.8) is 0 Å². The topological polar surface area (TPSA) is 21.3 Å². The van der Waals surface area contributed by atoms with Gasteiger partial charge in [0.1, 0.15) is 5.75 Å². The third kappa shape index (κ3) is 4.61. The van der Waals surface area contributed by atoms with Gasteiger partial charge in [-0.3, -0.25) is 0 Å². The Hall–Kier alpha value is -1.80. The molecule has 112 valence electrons. The summed E-state index contributed by atoms with van der Waals surface area (Å²) in [7, 11) is 0. The van der Waals surface area contributed by atoms with Gasteiger partial charge in [0.2, 0.25) is 0 Å². The van der Waals surface area contributed by atoms with Crippen LogP contribution in [0.1, 0.15) is 36.6 Å². The molecule has 0 spiro atoms. The highest BCUT2D eigenvalue weighted by molar-refractivity contribution is 5.31. The van der Waals surface area contributed by atoms with E-state index in [4.69, 9.17) is 4.74 Å². The van der Waals surface area contributed by atoms with Gasteiger partial charge in [-0.15, -0.1) is 0 Å². The van der Waals surface area contributed by atoms with E-state index in [0.717, 1.165) is 18.7 Å². The highest BCUT2D eigenvalue weighted by Gasteiger charge is 2.11. The van der Waals surface area contributed by atoms with Crippen LogP contribution in [0.4, 0.5) is 0 Å². The van der Waals surface area contributed by atoms with Crippen molar-refractivity contribution in [1.82, 2.24) is 5.32 Å². The van der Waals surface area contributed by atoms with Gasteiger partial charge in [0, 0.05) is 6.04 Å². The van der Waals surface area contributed by atoms with E-state index in [0.29, 0.717) is 12.6 Å². The fraction of sp³-hybridized carbons (Fsp3) is 0.368. The van der Waals surface area contributed by atoms with E-state index in [-0.39, 0.29) is 0 Å². The summed E-state index contributed by atoms with van der Waals surface area (Å²) in [5, 5.41) is 3.57. The van der Waals surface area contributed by atoms with Crippen molar-refractivity contribution < 1.29 is 4.74 Å². The van der Waals surface area contributed by atoms with Crippen molar-refractivity contribution in [2.75, 3.05) is 13.2 Å². The molecule has 0 radical (unpaired) electrons. The minimum Gasteiger partial charge on any atom is -0.494 e. The zero-order valence-electron chi connectivity index (χ0n) is 13.2. The molecule has 0 bridgehead atoms. The van der Waals surface area contributed by atoms with Gasteiger partial charge in [-0.25, -0.2) is 0 Å². The number of ether oxygens (including phenoxy) is 1. The molecule has 0 aliphatic heterocycles. The summed E-state index contributed by atoms with van der Waals surface area (Å²) in [5.74, 6) is 0.937. The maximum atomic E-state index is 5.51. The fourth-order valence-electron chi connectivity index (χ4n) is 2.48. The second-order valence-corrected chi connectivity index (χ2v) is 5.30. The van der Waals surface area contributed by atoms with E-state index in [1.165, 1.54) is 16.7 Å². The van der Waals surface area contributed by atoms with E-state index in [9.17, 15) is 0 Å². The lowest BCUT2D eigenvalue weighted by atomic mass is 9.98. The monoisotopic (exact) mass is 283 g/mol. The second-order valence-electron chi connectivity index (χ2n) is 5.30. The Morgan fingerprint density at radius 1 is 0.952 bits per heavy atom. The van der Waals surface area contributed by atoms with Gasteiger partial charge in [0.25, 0.3) is 0 Å². The second kappa shape index (κ2) is 7.84. The average Bonchev–Trinajstić information content (AvgIpc) is 2.50. The normalized spacial score (nSPS) is 12.1. The van der Waals surface area contributed by atoms with E-state index in [2.05, 4.69) is 67.7 Å². The van der Waals surface area contributed by atoms with Crippen LogP contribution in [0.5, 0.6) is 5.75 Å². The summed E-state index contributed by atoms with van der Waals surface area (Å²) in [4.78, 5) is 0. The van der Waals surface area contributed by atoms with Crippen LogP contribution >= 0.6 is 0 Å². The molecule has 0 amide bonds. The molecule has 0 saturated heterocycles. The first kappa shape index (κ1) is 15.6. The highest BCUT2D eigenvalue weighted by Crippen LogP contribution is 2.21. The number of nitrogens with one attached hydrogen (secondary N) is 1. The molecule has 0 aliphatic carbocycles. The summed E-state index contributed by atoms with van der Waals surface area (Å²) in [6, 6.07) is 17.6. The number of hydrogen-bond acceptors (Lipinski definition) is 2. The predicted octanol–water partition coefficient (Wildman–Crippen LogP) is 4.29. The van der Waals surface area contributed by atoms with E-state index < -0.39 is 0 Å². The molecule has 1 atom stereocenters. The lowest BCUT2D eigenvalue weighted by Gasteiger charge is -2.19. The maximum absolute atomic E-state index is 5.51. The molecule has 1 unspecified atom stereocenters. The first-order valence-corrected chi connectivity index (χ1v) is 7.74. The predicted molar refractivity (Wildman–Crippen MR) is 88.9 cm³/mol. The molecular formula is C19H25NO. The van der Waals surface area contributed by atoms with Crippen molar-refractivity contribution in [1.29, 1.82) is 0 Å². The van der Waals surface area contributed by atoms with Crippen LogP contribution in [-0.4, -0.2) is 13.2 Å². The van der Waals surface area contributed by atoms with Gasteiger partial charge in [0.15, 0.2) is 0 Å². The smallest absolute Gasteiger partial charge is 0.119 e. The maximum Gasteiger partial charge on any atom is 0.119 e. The van der Waals surface area contributed by atoms with Gasteiger partial charge in [0.05, 0.1) is 6.61 Å². The number of hydrogen-bond donors (Lipinski definition) is 1. The molecule has 2 aromatic rings. The lowest BCUT2D eigenvalue weighted by Crippen LogP contribution is -2.22. The van der Waals surface area contributed by atoms with Crippen molar-refractivity contribution in [3.05, 3.63) is 65.2 Å². The van der Waals surface area contributed by atoms with Crippen LogP contribution in [0, 0.1) is 6.92 Å². The van der Waals surface area contributed by atoms with Gasteiger partial charge in [-0.05, 0) is 50.1 Å². The molecule has 0 heterocycles. The first-order chi connectivity index (χ1) is 10.2. The van der Waals surface area contributed by atoms with Crippen LogP contribution in [0.3, 0.4) is 0 Å². The van der Waals surface area contributed by atoms with Crippen molar-refractivity contribution >= 4 is 0 Å². The minimum atomic E-state index is 0.341. The SMILES string of the molecule is CCNC(Cc1ccc(C)cc1)c1ccc(OCC)cc1. The van der Waals surface area contributed by atoms with Crippen molar-refractivity contribution in [2.45, 2.75) is 33.2 Å². The molecule has 2 aromatic carbocycles. The molecule has 0 fully saturated rings. The Balaban J connectivity index is 2.12. The molecular weight excluding hydrogens is 258 g/mol. The third-order valence-electron chi connectivity index (χ3n) is 3.60. The Bertz CT molecular complexity index is 530. The minimum absolute atomic E-state index is 0.341. The fourth-order valence-corrected chi connectivity index (χ4v) is 2.48. The Morgan fingerprint density at radius 2 is 1.62 bits per heavy atom. The number of likely N-dealkylation sites (N-methyl/N-ethyl adjacent to an activating group) is 1. The molecule has 1 N–H and O–H groups in total. The van der Waals surface area contributed by atoms with E-state index >= 15 is 0 Å². The number of benzene rings is 2. The summed E-state index contributed by atoms with van der Waals surface area (Å²) in [5.41, 5.74) is 3.97. The van der Waals surface area contributed by atoms with Crippen LogP contribution in [-0.2, 0) is 6.42 Å². The number of rotatable bonds is 7. The van der Waals surface area contributed by atoms with Crippen LogP contribution in [0.15, 0.2) is 48.5 Å². The zero-order chi connectivity index (χ0) is 15.1. The highest BCUT2D eigenvalue weighted by atomic mass is 16.5. The van der Waals surface area contributed by atoms with E-state index in [1.807, 2.05) is 6.92 Å². The van der Waals surface area contributed by atoms with Gasteiger partial charge < -0.3 is 10.1 Å². The first-order valence-electron chi connectivity index (χ1n) is 7.74. The van der Waals surface area contributed by atoms with Crippen molar-refractivity contribution in [2.24, 2.45) is 0 Å². The molecule has 0 saturated carbocycles. The zero-order valence-corrected chi connectivity index (χ0v) is 13.2. The largest absolute Gasteiger partial charge is 0.494 e. The molecule has 21 heavy (non-hydrogen) atoms. The summed E-state index contributed by atoms with van der Waals surface area (Å²) < 4.78 is 5.51. The third-order valence-corrected chi connectivity index (χ3v) is 3.60. The molecule has 2 nitrogen and oxygen atoms in total. The Labute approximate surface area is 128 Å². The Morgan fingerprint density at radius 3 is 2.19 bits per heavy atom. The standard InChI is InChI=1S/C19H25NO/c1-4-20-19(14-16-8-6-15(3)7-9-16)17-10-12-18(13-11-17)21-5-2/h6-13,19-20H,4-5,14H2,1-3H3. The van der Waals surface area contributed by atoms with Crippen molar-refractivity contribution in [3.8, 4) is 5.75 Å². The molecule has 2 rings (SSSR count). The van der Waals surface area contributed by atoms with E-state index in [1.54, 1.807) is 0 Å². The summed E-state index contributed by atoms with van der Waals surface area (Å²) >= 11 is 0.